The molecule has 0 aliphatic carbocycles. The van der Waals surface area contributed by atoms with Gasteiger partial charge in [0, 0.05) is 25.7 Å². The Labute approximate surface area is 256 Å². The van der Waals surface area contributed by atoms with Crippen LogP contribution >= 0.6 is 0 Å². The molecule has 0 fully saturated rings. The zero-order chi connectivity index (χ0) is 28.5. The van der Waals surface area contributed by atoms with Crippen LogP contribution in [0.25, 0.3) is 21.5 Å². The van der Waals surface area contributed by atoms with Gasteiger partial charge in [-0.3, -0.25) is 0 Å². The average Bonchev–Trinajstić information content (AvgIpc) is 3.05. The molecule has 4 aliphatic rings. The van der Waals surface area contributed by atoms with E-state index >= 15 is 0 Å². The van der Waals surface area contributed by atoms with Crippen molar-refractivity contribution < 1.29 is 0 Å². The molecule has 2 nitrogen and oxygen atoms in total. The number of anilines is 6. The first-order valence-corrected chi connectivity index (χ1v) is 15.8. The third kappa shape index (κ3) is 3.00. The smallest absolute Gasteiger partial charge is 0.0532 e. The Hall–Kier alpha value is -5.34. The lowest BCUT2D eigenvalue weighted by molar-refractivity contribution is 0.984. The molecule has 11 rings (SSSR count). The summed E-state index contributed by atoms with van der Waals surface area (Å²) >= 11 is 0. The molecule has 0 saturated carbocycles. The highest BCUT2D eigenvalue weighted by atomic mass is 15.2. The van der Waals surface area contributed by atoms with E-state index in [0.717, 1.165) is 25.7 Å². The van der Waals surface area contributed by atoms with Crippen molar-refractivity contribution in [2.75, 3.05) is 9.80 Å². The van der Waals surface area contributed by atoms with Gasteiger partial charge in [-0.2, -0.15) is 0 Å². The van der Waals surface area contributed by atoms with Crippen LogP contribution in [0.1, 0.15) is 44.5 Å². The van der Waals surface area contributed by atoms with Gasteiger partial charge in [0.2, 0.25) is 0 Å². The molecule has 0 radical (unpaired) electrons. The molecule has 206 valence electrons. The van der Waals surface area contributed by atoms with E-state index in [4.69, 9.17) is 0 Å². The molecular weight excluding hydrogens is 532 g/mol. The minimum atomic E-state index is 0.956. The van der Waals surface area contributed by atoms with Crippen LogP contribution in [0, 0.1) is 0 Å². The number of fused-ring (bicyclic) bond motifs is 10. The first-order chi connectivity index (χ1) is 21.8. The molecule has 4 aliphatic heterocycles. The van der Waals surface area contributed by atoms with Gasteiger partial charge < -0.3 is 9.80 Å². The third-order valence-corrected chi connectivity index (χ3v) is 10.5. The standard InChI is InChI=1S/C42H28N2/c1-3-9-27-21-37-33(15-25(27)7-1)17-29-11-5-13-31-19-35-24-40-36(23-39(35)43(37)41(29)31)20-32-14-6-12-30-18-34-16-26-8-2-4-10-28(26)22-38(34)44(40)42(30)32/h1-16,21-24H,17-20H2. The molecule has 0 unspecified atom stereocenters. The van der Waals surface area contributed by atoms with Gasteiger partial charge in [0.05, 0.1) is 34.1 Å². The van der Waals surface area contributed by atoms with Gasteiger partial charge in [-0.25, -0.2) is 0 Å². The fourth-order valence-electron chi connectivity index (χ4n) is 8.61. The molecule has 0 bridgehead atoms. The van der Waals surface area contributed by atoms with Gasteiger partial charge in [0.1, 0.15) is 0 Å². The van der Waals surface area contributed by atoms with Crippen molar-refractivity contribution in [1.82, 2.24) is 0 Å². The van der Waals surface area contributed by atoms with Gasteiger partial charge in [-0.15, -0.1) is 0 Å². The Kier molecular flexibility index (Phi) is 4.31. The minimum Gasteiger partial charge on any atom is -0.309 e. The van der Waals surface area contributed by atoms with Crippen LogP contribution in [0.2, 0.25) is 0 Å². The topological polar surface area (TPSA) is 6.48 Å². The van der Waals surface area contributed by atoms with Crippen molar-refractivity contribution in [3.05, 3.63) is 166 Å². The summed E-state index contributed by atoms with van der Waals surface area (Å²) in [5, 5.41) is 5.24. The molecule has 0 N–H and O–H groups in total. The largest absolute Gasteiger partial charge is 0.309 e. The van der Waals surface area contributed by atoms with E-state index in [1.54, 1.807) is 0 Å². The molecule has 0 aromatic heterocycles. The zero-order valence-corrected chi connectivity index (χ0v) is 24.3. The van der Waals surface area contributed by atoms with Gasteiger partial charge in [0.25, 0.3) is 0 Å². The number of hydrogen-bond acceptors (Lipinski definition) is 2. The third-order valence-electron chi connectivity index (χ3n) is 10.5. The maximum Gasteiger partial charge on any atom is 0.0532 e. The van der Waals surface area contributed by atoms with E-state index in [2.05, 4.69) is 131 Å². The summed E-state index contributed by atoms with van der Waals surface area (Å²) in [6.07, 6.45) is 3.87. The van der Waals surface area contributed by atoms with E-state index in [9.17, 15) is 0 Å². The molecular formula is C42H28N2. The minimum absolute atomic E-state index is 0.956. The van der Waals surface area contributed by atoms with Crippen molar-refractivity contribution in [1.29, 1.82) is 0 Å². The number of nitrogens with zero attached hydrogens (tertiary/aromatic N) is 2. The zero-order valence-electron chi connectivity index (χ0n) is 24.3. The van der Waals surface area contributed by atoms with Crippen LogP contribution in [0.4, 0.5) is 34.1 Å². The summed E-state index contributed by atoms with van der Waals surface area (Å²) in [6.45, 7) is 0. The highest BCUT2D eigenvalue weighted by Gasteiger charge is 2.36. The van der Waals surface area contributed by atoms with E-state index in [1.165, 1.54) is 100 Å². The van der Waals surface area contributed by atoms with Crippen LogP contribution in [0.5, 0.6) is 0 Å². The number of rotatable bonds is 0. The van der Waals surface area contributed by atoms with Crippen molar-refractivity contribution >= 4 is 55.7 Å². The highest BCUT2D eigenvalue weighted by molar-refractivity contribution is 5.99. The Bertz CT molecular complexity index is 2240. The summed E-state index contributed by atoms with van der Waals surface area (Å²) < 4.78 is 0. The SMILES string of the molecule is c1cc2c3c(c1)Cc1cc4ccccc4cc1N3c1cc3c(cc1C2)N1c2cc4ccccc4cc2Cc2cccc(c21)C3. The highest BCUT2D eigenvalue weighted by Crippen LogP contribution is 2.56. The lowest BCUT2D eigenvalue weighted by atomic mass is 9.82. The van der Waals surface area contributed by atoms with E-state index < -0.39 is 0 Å². The fraction of sp³-hybridized carbons (Fsp3) is 0.0952. The predicted molar refractivity (Wildman–Crippen MR) is 182 cm³/mol. The quantitative estimate of drug-likeness (QED) is 0.182. The first kappa shape index (κ1) is 23.2. The van der Waals surface area contributed by atoms with Crippen LogP contribution in [0.15, 0.2) is 121 Å². The van der Waals surface area contributed by atoms with Gasteiger partial charge in [0.15, 0.2) is 0 Å². The molecule has 0 saturated heterocycles. The van der Waals surface area contributed by atoms with Crippen molar-refractivity contribution in [2.24, 2.45) is 0 Å². The van der Waals surface area contributed by atoms with E-state index in [1.807, 2.05) is 0 Å². The lowest BCUT2D eigenvalue weighted by Crippen LogP contribution is -2.28. The van der Waals surface area contributed by atoms with Gasteiger partial charge >= 0.3 is 0 Å². The normalized spacial score (nSPS) is 14.8. The molecule has 0 spiro atoms. The van der Waals surface area contributed by atoms with Crippen molar-refractivity contribution in [2.45, 2.75) is 25.7 Å². The van der Waals surface area contributed by atoms with Crippen molar-refractivity contribution in [3.63, 3.8) is 0 Å². The fourth-order valence-corrected chi connectivity index (χ4v) is 8.61. The summed E-state index contributed by atoms with van der Waals surface area (Å²) in [5.74, 6) is 0. The predicted octanol–water partition coefficient (Wildman–Crippen LogP) is 10.5. The van der Waals surface area contributed by atoms with Gasteiger partial charge in [-0.05, 0) is 102 Å². The molecule has 2 heteroatoms. The number of hydrogen-bond donors (Lipinski definition) is 0. The molecule has 7 aromatic rings. The maximum atomic E-state index is 2.60. The number of benzene rings is 7. The molecule has 4 heterocycles. The van der Waals surface area contributed by atoms with Crippen LogP contribution in [-0.4, -0.2) is 0 Å². The summed E-state index contributed by atoms with van der Waals surface area (Å²) in [7, 11) is 0. The summed E-state index contributed by atoms with van der Waals surface area (Å²) in [5.41, 5.74) is 19.5. The van der Waals surface area contributed by atoms with Crippen LogP contribution in [-0.2, 0) is 25.7 Å². The van der Waals surface area contributed by atoms with E-state index in [-0.39, 0.29) is 0 Å². The lowest BCUT2D eigenvalue weighted by Gasteiger charge is -2.43. The van der Waals surface area contributed by atoms with Crippen molar-refractivity contribution in [3.8, 4) is 0 Å². The average molecular weight is 561 g/mol. The Morgan fingerprint density at radius 1 is 0.295 bits per heavy atom. The second kappa shape index (κ2) is 8.18. The number of para-hydroxylation sites is 2. The second-order valence-electron chi connectivity index (χ2n) is 13.0. The monoisotopic (exact) mass is 560 g/mol. The Morgan fingerprint density at radius 2 is 0.614 bits per heavy atom. The van der Waals surface area contributed by atoms with E-state index in [0.29, 0.717) is 0 Å². The Morgan fingerprint density at radius 3 is 1.00 bits per heavy atom. The first-order valence-electron chi connectivity index (χ1n) is 15.8. The maximum absolute atomic E-state index is 2.60. The molecule has 0 atom stereocenters. The summed E-state index contributed by atoms with van der Waals surface area (Å²) in [4.78, 5) is 5.19. The molecule has 44 heavy (non-hydrogen) atoms. The van der Waals surface area contributed by atoms with Crippen LogP contribution < -0.4 is 9.80 Å². The van der Waals surface area contributed by atoms with Crippen LogP contribution in [0.3, 0.4) is 0 Å². The molecule has 7 aromatic carbocycles. The van der Waals surface area contributed by atoms with Gasteiger partial charge in [-0.1, -0.05) is 84.9 Å². The summed E-state index contributed by atoms with van der Waals surface area (Å²) in [6, 6.07) is 46.2. The Balaban J connectivity index is 1.17. The second-order valence-corrected chi connectivity index (χ2v) is 13.0. The molecule has 0 amide bonds.